The van der Waals surface area contributed by atoms with Gasteiger partial charge in [0.2, 0.25) is 5.91 Å². The van der Waals surface area contributed by atoms with Crippen LogP contribution in [0.5, 0.6) is 5.75 Å². The number of benzene rings is 1. The maximum absolute atomic E-state index is 11.7. The number of hydrogen-bond donors (Lipinski definition) is 1. The molecule has 6 heteroatoms. The molecular formula is C14H16ClN3O2. The first-order valence-corrected chi connectivity index (χ1v) is 6.63. The van der Waals surface area contributed by atoms with Crippen LogP contribution in [0.25, 0.3) is 0 Å². The number of rotatable bonds is 6. The van der Waals surface area contributed by atoms with Crippen LogP contribution in [0, 0.1) is 0 Å². The van der Waals surface area contributed by atoms with Crippen LogP contribution in [0.1, 0.15) is 5.56 Å². The first kappa shape index (κ1) is 14.4. The van der Waals surface area contributed by atoms with Crippen LogP contribution in [-0.2, 0) is 17.8 Å². The van der Waals surface area contributed by atoms with Gasteiger partial charge in [0.05, 0.1) is 18.3 Å². The fourth-order valence-electron chi connectivity index (χ4n) is 1.77. The van der Waals surface area contributed by atoms with E-state index in [1.54, 1.807) is 13.3 Å². The minimum absolute atomic E-state index is 0.0849. The third-order valence-electron chi connectivity index (χ3n) is 2.80. The molecule has 0 unspecified atom stereocenters. The van der Waals surface area contributed by atoms with Crippen molar-refractivity contribution < 1.29 is 9.53 Å². The zero-order valence-corrected chi connectivity index (χ0v) is 11.9. The summed E-state index contributed by atoms with van der Waals surface area (Å²) >= 11 is 5.73. The summed E-state index contributed by atoms with van der Waals surface area (Å²) in [5.41, 5.74) is 1.15. The third-order valence-corrected chi connectivity index (χ3v) is 3.00. The van der Waals surface area contributed by atoms with E-state index in [-0.39, 0.29) is 12.5 Å². The summed E-state index contributed by atoms with van der Waals surface area (Å²) in [5, 5.41) is 7.32. The van der Waals surface area contributed by atoms with Crippen LogP contribution in [0.4, 0.5) is 0 Å². The Morgan fingerprint density at radius 2 is 2.15 bits per heavy atom. The lowest BCUT2D eigenvalue weighted by Gasteiger charge is -2.06. The van der Waals surface area contributed by atoms with E-state index in [9.17, 15) is 4.79 Å². The normalized spacial score (nSPS) is 10.3. The number of carbonyl (C=O) groups is 1. The monoisotopic (exact) mass is 293 g/mol. The van der Waals surface area contributed by atoms with E-state index < -0.39 is 0 Å². The summed E-state index contributed by atoms with van der Waals surface area (Å²) in [4.78, 5) is 11.7. The zero-order valence-electron chi connectivity index (χ0n) is 11.2. The molecular weight excluding hydrogens is 278 g/mol. The smallest absolute Gasteiger partial charge is 0.241 e. The first-order chi connectivity index (χ1) is 9.67. The number of hydrogen-bond acceptors (Lipinski definition) is 3. The van der Waals surface area contributed by atoms with Crippen LogP contribution in [0.3, 0.4) is 0 Å². The molecule has 0 saturated heterocycles. The molecule has 20 heavy (non-hydrogen) atoms. The van der Waals surface area contributed by atoms with Gasteiger partial charge in [-0.15, -0.1) is 0 Å². The molecule has 2 aromatic rings. The van der Waals surface area contributed by atoms with Crippen molar-refractivity contribution in [1.82, 2.24) is 15.1 Å². The molecule has 0 radical (unpaired) electrons. The van der Waals surface area contributed by atoms with Gasteiger partial charge in [0.1, 0.15) is 12.3 Å². The van der Waals surface area contributed by atoms with Gasteiger partial charge < -0.3 is 10.1 Å². The molecule has 0 bridgehead atoms. The minimum Gasteiger partial charge on any atom is -0.497 e. The lowest BCUT2D eigenvalue weighted by Crippen LogP contribution is -2.29. The number of methoxy groups -OCH3 is 1. The lowest BCUT2D eigenvalue weighted by atomic mass is 10.1. The molecule has 1 heterocycles. The average Bonchev–Trinajstić information content (AvgIpc) is 2.85. The van der Waals surface area contributed by atoms with Crippen molar-refractivity contribution >= 4 is 17.5 Å². The Labute approximate surface area is 122 Å². The minimum atomic E-state index is -0.0849. The molecule has 0 atom stereocenters. The van der Waals surface area contributed by atoms with E-state index in [0.29, 0.717) is 11.6 Å². The Bertz CT molecular complexity index is 566. The molecule has 0 aliphatic rings. The van der Waals surface area contributed by atoms with E-state index in [1.807, 2.05) is 24.3 Å². The summed E-state index contributed by atoms with van der Waals surface area (Å²) in [5.74, 6) is 0.742. The molecule has 0 fully saturated rings. The van der Waals surface area contributed by atoms with Gasteiger partial charge in [-0.05, 0) is 24.1 Å². The number of amides is 1. The van der Waals surface area contributed by atoms with Gasteiger partial charge in [-0.3, -0.25) is 9.48 Å². The number of aromatic nitrogens is 2. The fraction of sp³-hybridized carbons (Fsp3) is 0.286. The van der Waals surface area contributed by atoms with Crippen molar-refractivity contribution in [2.45, 2.75) is 13.0 Å². The highest BCUT2D eigenvalue weighted by molar-refractivity contribution is 6.30. The van der Waals surface area contributed by atoms with E-state index in [4.69, 9.17) is 16.3 Å². The fourth-order valence-corrected chi connectivity index (χ4v) is 1.92. The van der Waals surface area contributed by atoms with E-state index in [1.165, 1.54) is 10.9 Å². The van der Waals surface area contributed by atoms with Crippen molar-refractivity contribution in [3.63, 3.8) is 0 Å². The Morgan fingerprint density at radius 1 is 1.40 bits per heavy atom. The molecule has 0 aliphatic carbocycles. The molecule has 1 N–H and O–H groups in total. The maximum atomic E-state index is 11.7. The van der Waals surface area contributed by atoms with Gasteiger partial charge in [-0.2, -0.15) is 5.10 Å². The topological polar surface area (TPSA) is 56.1 Å². The second kappa shape index (κ2) is 6.96. The van der Waals surface area contributed by atoms with Crippen LogP contribution in [0.15, 0.2) is 36.7 Å². The summed E-state index contributed by atoms with van der Waals surface area (Å²) in [6.07, 6.45) is 3.90. The van der Waals surface area contributed by atoms with Gasteiger partial charge in [-0.1, -0.05) is 23.7 Å². The molecule has 0 saturated carbocycles. The SMILES string of the molecule is COc1ccc(CCNC(=O)Cn2cc(Cl)cn2)cc1. The lowest BCUT2D eigenvalue weighted by molar-refractivity contribution is -0.121. The van der Waals surface area contributed by atoms with Crippen molar-refractivity contribution in [2.75, 3.05) is 13.7 Å². The predicted molar refractivity (Wildman–Crippen MR) is 76.9 cm³/mol. The van der Waals surface area contributed by atoms with Crippen LogP contribution in [0.2, 0.25) is 5.02 Å². The number of nitrogens with one attached hydrogen (secondary N) is 1. The molecule has 1 aromatic carbocycles. The van der Waals surface area contributed by atoms with Gasteiger partial charge >= 0.3 is 0 Å². The zero-order chi connectivity index (χ0) is 14.4. The summed E-state index contributed by atoms with van der Waals surface area (Å²) in [7, 11) is 1.64. The highest BCUT2D eigenvalue weighted by atomic mass is 35.5. The summed E-state index contributed by atoms with van der Waals surface area (Å²) in [6.45, 7) is 0.759. The second-order valence-corrected chi connectivity index (χ2v) is 4.74. The standard InChI is InChI=1S/C14H16ClN3O2/c1-20-13-4-2-11(3-5-13)6-7-16-14(19)10-18-9-12(15)8-17-18/h2-5,8-9H,6-7,10H2,1H3,(H,16,19). The van der Waals surface area contributed by atoms with Gasteiger partial charge in [0, 0.05) is 12.7 Å². The Balaban J connectivity index is 1.73. The Hall–Kier alpha value is -2.01. The molecule has 0 spiro atoms. The van der Waals surface area contributed by atoms with Crippen molar-refractivity contribution in [2.24, 2.45) is 0 Å². The molecule has 2 rings (SSSR count). The Kier molecular flexibility index (Phi) is 5.01. The third kappa shape index (κ3) is 4.28. The average molecular weight is 294 g/mol. The van der Waals surface area contributed by atoms with Gasteiger partial charge in [-0.25, -0.2) is 0 Å². The number of carbonyl (C=O) groups excluding carboxylic acids is 1. The van der Waals surface area contributed by atoms with Crippen LogP contribution < -0.4 is 10.1 Å². The van der Waals surface area contributed by atoms with E-state index in [0.717, 1.165) is 17.7 Å². The molecule has 106 valence electrons. The van der Waals surface area contributed by atoms with Gasteiger partial charge in [0.25, 0.3) is 0 Å². The Morgan fingerprint density at radius 3 is 2.75 bits per heavy atom. The number of halogens is 1. The molecule has 1 amide bonds. The van der Waals surface area contributed by atoms with Crippen LogP contribution in [-0.4, -0.2) is 29.3 Å². The quantitative estimate of drug-likeness (QED) is 0.885. The predicted octanol–water partition coefficient (Wildman–Crippen LogP) is 1.90. The second-order valence-electron chi connectivity index (χ2n) is 4.30. The maximum Gasteiger partial charge on any atom is 0.241 e. The highest BCUT2D eigenvalue weighted by Crippen LogP contribution is 2.11. The van der Waals surface area contributed by atoms with Crippen LogP contribution >= 0.6 is 11.6 Å². The molecule has 5 nitrogen and oxygen atoms in total. The molecule has 1 aromatic heterocycles. The van der Waals surface area contributed by atoms with Crippen molar-refractivity contribution in [1.29, 1.82) is 0 Å². The first-order valence-electron chi connectivity index (χ1n) is 6.25. The van der Waals surface area contributed by atoms with Crippen molar-refractivity contribution in [3.8, 4) is 5.75 Å². The van der Waals surface area contributed by atoms with E-state index >= 15 is 0 Å². The number of nitrogens with zero attached hydrogens (tertiary/aromatic N) is 2. The highest BCUT2D eigenvalue weighted by Gasteiger charge is 2.03. The number of ether oxygens (including phenoxy) is 1. The largest absolute Gasteiger partial charge is 0.497 e. The van der Waals surface area contributed by atoms with Gasteiger partial charge in [0.15, 0.2) is 0 Å². The van der Waals surface area contributed by atoms with Crippen molar-refractivity contribution in [3.05, 3.63) is 47.2 Å². The summed E-state index contributed by atoms with van der Waals surface area (Å²) in [6, 6.07) is 7.78. The summed E-state index contributed by atoms with van der Waals surface area (Å²) < 4.78 is 6.60. The van der Waals surface area contributed by atoms with E-state index in [2.05, 4.69) is 10.4 Å². The molecule has 0 aliphatic heterocycles.